The van der Waals surface area contributed by atoms with E-state index in [4.69, 9.17) is 0 Å². The van der Waals surface area contributed by atoms with Crippen LogP contribution in [0.3, 0.4) is 0 Å². The van der Waals surface area contributed by atoms with Gasteiger partial charge in [0.05, 0.1) is 0 Å². The molecule has 0 aromatic heterocycles. The lowest BCUT2D eigenvalue weighted by molar-refractivity contribution is 0.570. The first-order valence-electron chi connectivity index (χ1n) is 7.50. The molecule has 0 aliphatic carbocycles. The SMILES string of the molecule is CCCCC(CC)c1ccc(-c2ccccc2)cc1. The zero-order valence-electron chi connectivity index (χ0n) is 12.1. The second-order valence-electron chi connectivity index (χ2n) is 5.24. The normalized spacial score (nSPS) is 12.3. The second kappa shape index (κ2) is 7.13. The fourth-order valence-electron chi connectivity index (χ4n) is 2.64. The summed E-state index contributed by atoms with van der Waals surface area (Å²) in [5, 5.41) is 0. The molecule has 1 atom stereocenters. The van der Waals surface area contributed by atoms with Gasteiger partial charge in [0.1, 0.15) is 0 Å². The molecule has 0 heterocycles. The summed E-state index contributed by atoms with van der Waals surface area (Å²) in [6.07, 6.45) is 5.18. The highest BCUT2D eigenvalue weighted by molar-refractivity contribution is 5.63. The zero-order chi connectivity index (χ0) is 13.5. The van der Waals surface area contributed by atoms with Crippen LogP contribution in [0.1, 0.15) is 51.0 Å². The van der Waals surface area contributed by atoms with Crippen LogP contribution in [0.4, 0.5) is 0 Å². The van der Waals surface area contributed by atoms with Gasteiger partial charge in [0, 0.05) is 0 Å². The molecule has 2 rings (SSSR count). The van der Waals surface area contributed by atoms with E-state index in [1.54, 1.807) is 0 Å². The lowest BCUT2D eigenvalue weighted by atomic mass is 9.90. The Morgan fingerprint density at radius 3 is 2.00 bits per heavy atom. The van der Waals surface area contributed by atoms with E-state index in [1.165, 1.54) is 42.4 Å². The van der Waals surface area contributed by atoms with Gasteiger partial charge in [0.15, 0.2) is 0 Å². The van der Waals surface area contributed by atoms with Gasteiger partial charge in [0.25, 0.3) is 0 Å². The Morgan fingerprint density at radius 1 is 0.789 bits per heavy atom. The number of hydrogen-bond acceptors (Lipinski definition) is 0. The number of rotatable bonds is 6. The van der Waals surface area contributed by atoms with E-state index in [0.29, 0.717) is 0 Å². The lowest BCUT2D eigenvalue weighted by Crippen LogP contribution is -1.97. The number of benzene rings is 2. The van der Waals surface area contributed by atoms with Crippen LogP contribution in [0.2, 0.25) is 0 Å². The summed E-state index contributed by atoms with van der Waals surface area (Å²) in [6.45, 7) is 4.57. The Labute approximate surface area is 117 Å². The van der Waals surface area contributed by atoms with E-state index in [1.807, 2.05) is 0 Å². The molecule has 0 bridgehead atoms. The summed E-state index contributed by atoms with van der Waals surface area (Å²) in [5.41, 5.74) is 4.11. The topological polar surface area (TPSA) is 0 Å². The highest BCUT2D eigenvalue weighted by Gasteiger charge is 2.08. The minimum Gasteiger partial charge on any atom is -0.0654 e. The average Bonchev–Trinajstić information content (AvgIpc) is 2.49. The molecule has 0 aliphatic heterocycles. The first kappa shape index (κ1) is 13.9. The summed E-state index contributed by atoms with van der Waals surface area (Å²) in [4.78, 5) is 0. The largest absolute Gasteiger partial charge is 0.0654 e. The monoisotopic (exact) mass is 252 g/mol. The minimum atomic E-state index is 0.727. The minimum absolute atomic E-state index is 0.727. The van der Waals surface area contributed by atoms with Gasteiger partial charge in [-0.05, 0) is 35.4 Å². The van der Waals surface area contributed by atoms with Gasteiger partial charge in [-0.2, -0.15) is 0 Å². The standard InChI is InChI=1S/C19H24/c1-3-5-9-16(4-2)18-12-14-19(15-13-18)17-10-7-6-8-11-17/h6-8,10-16H,3-5,9H2,1-2H3. The molecule has 19 heavy (non-hydrogen) atoms. The van der Waals surface area contributed by atoms with Crippen LogP contribution in [0.15, 0.2) is 54.6 Å². The van der Waals surface area contributed by atoms with Gasteiger partial charge in [-0.25, -0.2) is 0 Å². The summed E-state index contributed by atoms with van der Waals surface area (Å²) in [6, 6.07) is 19.7. The molecule has 0 saturated heterocycles. The van der Waals surface area contributed by atoms with Crippen molar-refractivity contribution in [2.45, 2.75) is 45.4 Å². The molecule has 0 spiro atoms. The highest BCUT2D eigenvalue weighted by Crippen LogP contribution is 2.27. The van der Waals surface area contributed by atoms with Crippen LogP contribution in [-0.4, -0.2) is 0 Å². The summed E-state index contributed by atoms with van der Waals surface area (Å²) in [7, 11) is 0. The molecule has 0 N–H and O–H groups in total. The van der Waals surface area contributed by atoms with Crippen molar-refractivity contribution in [3.63, 3.8) is 0 Å². The summed E-state index contributed by atoms with van der Waals surface area (Å²) in [5.74, 6) is 0.727. The summed E-state index contributed by atoms with van der Waals surface area (Å²) < 4.78 is 0. The van der Waals surface area contributed by atoms with Crippen molar-refractivity contribution in [3.8, 4) is 11.1 Å². The maximum Gasteiger partial charge on any atom is -0.0165 e. The van der Waals surface area contributed by atoms with Crippen molar-refractivity contribution in [1.29, 1.82) is 0 Å². The Balaban J connectivity index is 2.13. The van der Waals surface area contributed by atoms with Crippen molar-refractivity contribution in [2.24, 2.45) is 0 Å². The van der Waals surface area contributed by atoms with Crippen molar-refractivity contribution < 1.29 is 0 Å². The maximum atomic E-state index is 2.31. The lowest BCUT2D eigenvalue weighted by Gasteiger charge is -2.15. The Morgan fingerprint density at radius 2 is 1.42 bits per heavy atom. The Kier molecular flexibility index (Phi) is 5.20. The molecule has 0 heteroatoms. The van der Waals surface area contributed by atoms with Gasteiger partial charge >= 0.3 is 0 Å². The third-order valence-corrected chi connectivity index (χ3v) is 3.89. The van der Waals surface area contributed by atoms with E-state index in [9.17, 15) is 0 Å². The first-order chi connectivity index (χ1) is 9.35. The van der Waals surface area contributed by atoms with Gasteiger partial charge in [-0.1, -0.05) is 81.3 Å². The molecule has 0 aliphatic rings. The van der Waals surface area contributed by atoms with Gasteiger partial charge in [-0.15, -0.1) is 0 Å². The molecule has 2 aromatic rings. The first-order valence-corrected chi connectivity index (χ1v) is 7.50. The van der Waals surface area contributed by atoms with Crippen LogP contribution >= 0.6 is 0 Å². The molecular weight excluding hydrogens is 228 g/mol. The third kappa shape index (κ3) is 3.70. The maximum absolute atomic E-state index is 2.31. The number of hydrogen-bond donors (Lipinski definition) is 0. The van der Waals surface area contributed by atoms with E-state index in [0.717, 1.165) is 5.92 Å². The van der Waals surface area contributed by atoms with Crippen molar-refractivity contribution in [2.75, 3.05) is 0 Å². The van der Waals surface area contributed by atoms with Crippen LogP contribution in [0.5, 0.6) is 0 Å². The molecule has 2 aromatic carbocycles. The van der Waals surface area contributed by atoms with Crippen LogP contribution < -0.4 is 0 Å². The predicted molar refractivity (Wildman–Crippen MR) is 84.4 cm³/mol. The second-order valence-corrected chi connectivity index (χ2v) is 5.24. The molecule has 0 nitrogen and oxygen atoms in total. The summed E-state index contributed by atoms with van der Waals surface area (Å²) >= 11 is 0. The van der Waals surface area contributed by atoms with Crippen LogP contribution in [-0.2, 0) is 0 Å². The van der Waals surface area contributed by atoms with Gasteiger partial charge < -0.3 is 0 Å². The molecule has 0 saturated carbocycles. The molecular formula is C19H24. The van der Waals surface area contributed by atoms with Crippen LogP contribution in [0.25, 0.3) is 11.1 Å². The van der Waals surface area contributed by atoms with E-state index >= 15 is 0 Å². The Bertz CT molecular complexity index is 467. The quantitative estimate of drug-likeness (QED) is 0.588. The predicted octanol–water partition coefficient (Wildman–Crippen LogP) is 6.04. The van der Waals surface area contributed by atoms with Crippen molar-refractivity contribution in [3.05, 3.63) is 60.2 Å². The fourth-order valence-corrected chi connectivity index (χ4v) is 2.64. The van der Waals surface area contributed by atoms with E-state index in [-0.39, 0.29) is 0 Å². The smallest absolute Gasteiger partial charge is 0.0165 e. The molecule has 1 unspecified atom stereocenters. The number of unbranched alkanes of at least 4 members (excludes halogenated alkanes) is 1. The molecule has 0 radical (unpaired) electrons. The highest BCUT2D eigenvalue weighted by atomic mass is 14.1. The van der Waals surface area contributed by atoms with E-state index in [2.05, 4.69) is 68.4 Å². The molecule has 0 amide bonds. The molecule has 100 valence electrons. The van der Waals surface area contributed by atoms with Crippen molar-refractivity contribution >= 4 is 0 Å². The van der Waals surface area contributed by atoms with Gasteiger partial charge in [0.2, 0.25) is 0 Å². The fraction of sp³-hybridized carbons (Fsp3) is 0.368. The van der Waals surface area contributed by atoms with Crippen molar-refractivity contribution in [1.82, 2.24) is 0 Å². The van der Waals surface area contributed by atoms with Gasteiger partial charge in [-0.3, -0.25) is 0 Å². The average molecular weight is 252 g/mol. The zero-order valence-corrected chi connectivity index (χ0v) is 12.1. The third-order valence-electron chi connectivity index (χ3n) is 3.89. The van der Waals surface area contributed by atoms with Crippen LogP contribution in [0, 0.1) is 0 Å². The Hall–Kier alpha value is -1.56. The molecule has 0 fully saturated rings. The van der Waals surface area contributed by atoms with E-state index < -0.39 is 0 Å².